The molecular weight excluding hydrogens is 294 g/mol. The van der Waals surface area contributed by atoms with E-state index in [9.17, 15) is 4.79 Å². The van der Waals surface area contributed by atoms with Gasteiger partial charge in [0.05, 0.1) is 16.8 Å². The fourth-order valence-electron chi connectivity index (χ4n) is 2.38. The van der Waals surface area contributed by atoms with Gasteiger partial charge in [0.2, 0.25) is 5.91 Å². The molecule has 0 radical (unpaired) electrons. The first-order valence-corrected chi connectivity index (χ1v) is 8.04. The van der Waals surface area contributed by atoms with E-state index in [1.807, 2.05) is 50.2 Å². The van der Waals surface area contributed by atoms with E-state index >= 15 is 0 Å². The van der Waals surface area contributed by atoms with Gasteiger partial charge in [-0.25, -0.2) is 4.98 Å². The fourth-order valence-corrected chi connectivity index (χ4v) is 3.06. The number of amides is 1. The van der Waals surface area contributed by atoms with Crippen molar-refractivity contribution >= 4 is 34.4 Å². The molecular formula is C17H17N3OS. The molecule has 0 aliphatic heterocycles. The van der Waals surface area contributed by atoms with Crippen molar-refractivity contribution in [2.24, 2.45) is 0 Å². The lowest BCUT2D eigenvalue weighted by molar-refractivity contribution is -0.113. The molecule has 0 aliphatic rings. The van der Waals surface area contributed by atoms with Gasteiger partial charge in [0.1, 0.15) is 0 Å². The Kier molecular flexibility index (Phi) is 4.15. The van der Waals surface area contributed by atoms with E-state index in [4.69, 9.17) is 0 Å². The molecule has 0 bridgehead atoms. The zero-order valence-electron chi connectivity index (χ0n) is 12.5. The van der Waals surface area contributed by atoms with Crippen LogP contribution in [0.3, 0.4) is 0 Å². The molecule has 4 nitrogen and oxygen atoms in total. The Morgan fingerprint density at radius 1 is 1.18 bits per heavy atom. The Bertz CT molecular complexity index is 772. The highest BCUT2D eigenvalue weighted by atomic mass is 32.2. The van der Waals surface area contributed by atoms with Crippen LogP contribution in [0.4, 0.5) is 5.69 Å². The number of hydrogen-bond donors (Lipinski definition) is 2. The second-order valence-corrected chi connectivity index (χ2v) is 6.24. The Morgan fingerprint density at radius 2 is 1.91 bits per heavy atom. The number of hydrogen-bond acceptors (Lipinski definition) is 3. The highest BCUT2D eigenvalue weighted by molar-refractivity contribution is 7.99. The van der Waals surface area contributed by atoms with Crippen molar-refractivity contribution < 1.29 is 4.79 Å². The van der Waals surface area contributed by atoms with Gasteiger partial charge in [0, 0.05) is 5.69 Å². The van der Waals surface area contributed by atoms with E-state index in [-0.39, 0.29) is 5.91 Å². The van der Waals surface area contributed by atoms with Crippen molar-refractivity contribution in [1.29, 1.82) is 0 Å². The molecule has 1 amide bonds. The Balaban J connectivity index is 1.62. The number of para-hydroxylation sites is 2. The number of nitrogens with one attached hydrogen (secondary N) is 2. The van der Waals surface area contributed by atoms with E-state index < -0.39 is 0 Å². The molecule has 0 unspecified atom stereocenters. The molecule has 0 aliphatic carbocycles. The first-order valence-electron chi connectivity index (χ1n) is 7.06. The summed E-state index contributed by atoms with van der Waals surface area (Å²) in [4.78, 5) is 19.7. The highest BCUT2D eigenvalue weighted by Crippen LogP contribution is 2.20. The van der Waals surface area contributed by atoms with Gasteiger partial charge in [0.15, 0.2) is 5.16 Å². The smallest absolute Gasteiger partial charge is 0.234 e. The largest absolute Gasteiger partial charge is 0.333 e. The van der Waals surface area contributed by atoms with Crippen molar-refractivity contribution in [2.75, 3.05) is 11.1 Å². The maximum absolute atomic E-state index is 12.0. The summed E-state index contributed by atoms with van der Waals surface area (Å²) >= 11 is 1.40. The second kappa shape index (κ2) is 6.23. The van der Waals surface area contributed by atoms with Crippen LogP contribution in [-0.4, -0.2) is 21.6 Å². The van der Waals surface area contributed by atoms with Crippen LogP contribution in [-0.2, 0) is 4.79 Å². The SMILES string of the molecule is Cc1cc(C)cc(NC(=O)CSc2nc3ccccc3[nH]2)c1. The van der Waals surface area contributed by atoms with Crippen LogP contribution in [0.1, 0.15) is 11.1 Å². The lowest BCUT2D eigenvalue weighted by Gasteiger charge is -2.06. The Labute approximate surface area is 133 Å². The van der Waals surface area contributed by atoms with Gasteiger partial charge in [-0.2, -0.15) is 0 Å². The van der Waals surface area contributed by atoms with Crippen molar-refractivity contribution in [3.8, 4) is 0 Å². The number of aromatic amines is 1. The molecule has 22 heavy (non-hydrogen) atoms. The summed E-state index contributed by atoms with van der Waals surface area (Å²) in [5.74, 6) is 0.294. The number of rotatable bonds is 4. The summed E-state index contributed by atoms with van der Waals surface area (Å²) in [6.45, 7) is 4.04. The van der Waals surface area contributed by atoms with E-state index in [2.05, 4.69) is 21.4 Å². The molecule has 0 saturated carbocycles. The Morgan fingerprint density at radius 3 is 2.64 bits per heavy atom. The van der Waals surface area contributed by atoms with Crippen LogP contribution in [0, 0.1) is 13.8 Å². The van der Waals surface area contributed by atoms with Crippen molar-refractivity contribution in [3.05, 3.63) is 53.6 Å². The zero-order chi connectivity index (χ0) is 15.5. The maximum atomic E-state index is 12.0. The molecule has 0 fully saturated rings. The van der Waals surface area contributed by atoms with Crippen molar-refractivity contribution in [2.45, 2.75) is 19.0 Å². The summed E-state index contributed by atoms with van der Waals surface area (Å²) < 4.78 is 0. The number of aromatic nitrogens is 2. The maximum Gasteiger partial charge on any atom is 0.234 e. The molecule has 112 valence electrons. The lowest BCUT2D eigenvalue weighted by atomic mass is 10.1. The van der Waals surface area contributed by atoms with E-state index in [1.54, 1.807) is 0 Å². The van der Waals surface area contributed by atoms with Crippen LogP contribution in [0.25, 0.3) is 11.0 Å². The number of H-pyrrole nitrogens is 1. The first kappa shape index (κ1) is 14.7. The molecule has 0 spiro atoms. The highest BCUT2D eigenvalue weighted by Gasteiger charge is 2.07. The van der Waals surface area contributed by atoms with Gasteiger partial charge < -0.3 is 10.3 Å². The predicted molar refractivity (Wildman–Crippen MR) is 91.4 cm³/mol. The van der Waals surface area contributed by atoms with Crippen LogP contribution >= 0.6 is 11.8 Å². The number of carbonyl (C=O) groups is 1. The monoisotopic (exact) mass is 311 g/mol. The number of nitrogens with zero attached hydrogens (tertiary/aromatic N) is 1. The van der Waals surface area contributed by atoms with Gasteiger partial charge in [-0.1, -0.05) is 30.0 Å². The van der Waals surface area contributed by atoms with Crippen LogP contribution in [0.2, 0.25) is 0 Å². The van der Waals surface area contributed by atoms with Gasteiger partial charge in [-0.05, 0) is 49.2 Å². The quantitative estimate of drug-likeness (QED) is 0.718. The lowest BCUT2D eigenvalue weighted by Crippen LogP contribution is -2.14. The van der Waals surface area contributed by atoms with Gasteiger partial charge in [-0.3, -0.25) is 4.79 Å². The summed E-state index contributed by atoms with van der Waals surface area (Å²) in [6, 6.07) is 13.9. The van der Waals surface area contributed by atoms with Crippen molar-refractivity contribution in [1.82, 2.24) is 9.97 Å². The number of carbonyl (C=O) groups excluding carboxylic acids is 1. The van der Waals surface area contributed by atoms with Gasteiger partial charge in [-0.15, -0.1) is 0 Å². The van der Waals surface area contributed by atoms with E-state index in [1.165, 1.54) is 11.8 Å². The minimum absolute atomic E-state index is 0.0320. The summed E-state index contributed by atoms with van der Waals surface area (Å²) in [6.07, 6.45) is 0. The molecule has 3 aromatic rings. The number of fused-ring (bicyclic) bond motifs is 1. The van der Waals surface area contributed by atoms with Crippen LogP contribution < -0.4 is 5.32 Å². The number of anilines is 1. The van der Waals surface area contributed by atoms with Crippen LogP contribution in [0.5, 0.6) is 0 Å². The number of aryl methyl sites for hydroxylation is 2. The molecule has 2 aromatic carbocycles. The Hall–Kier alpha value is -2.27. The third-order valence-corrected chi connectivity index (χ3v) is 4.09. The normalized spacial score (nSPS) is 10.8. The second-order valence-electron chi connectivity index (χ2n) is 5.27. The molecule has 5 heteroatoms. The van der Waals surface area contributed by atoms with Gasteiger partial charge in [0.25, 0.3) is 0 Å². The summed E-state index contributed by atoms with van der Waals surface area (Å²) in [7, 11) is 0. The number of thioether (sulfide) groups is 1. The standard InChI is InChI=1S/C17H17N3OS/c1-11-7-12(2)9-13(8-11)18-16(21)10-22-17-19-14-5-3-4-6-15(14)20-17/h3-9H,10H2,1-2H3,(H,18,21)(H,19,20). The summed E-state index contributed by atoms with van der Waals surface area (Å²) in [5, 5.41) is 3.69. The average molecular weight is 311 g/mol. The molecule has 3 rings (SSSR count). The summed E-state index contributed by atoms with van der Waals surface area (Å²) in [5.41, 5.74) is 5.02. The molecule has 1 aromatic heterocycles. The number of benzene rings is 2. The molecule has 0 saturated heterocycles. The first-order chi connectivity index (χ1) is 10.6. The minimum atomic E-state index is -0.0320. The third-order valence-electron chi connectivity index (χ3n) is 3.21. The molecule has 2 N–H and O–H groups in total. The van der Waals surface area contributed by atoms with Gasteiger partial charge >= 0.3 is 0 Å². The zero-order valence-corrected chi connectivity index (χ0v) is 13.3. The fraction of sp³-hybridized carbons (Fsp3) is 0.176. The molecule has 0 atom stereocenters. The predicted octanol–water partition coefficient (Wildman–Crippen LogP) is 3.91. The van der Waals surface area contributed by atoms with Crippen LogP contribution in [0.15, 0.2) is 47.6 Å². The average Bonchev–Trinajstić information content (AvgIpc) is 2.87. The van der Waals surface area contributed by atoms with E-state index in [0.717, 1.165) is 33.0 Å². The van der Waals surface area contributed by atoms with Crippen molar-refractivity contribution in [3.63, 3.8) is 0 Å². The minimum Gasteiger partial charge on any atom is -0.333 e. The van der Waals surface area contributed by atoms with E-state index in [0.29, 0.717) is 5.75 Å². The number of imidazole rings is 1. The topological polar surface area (TPSA) is 57.8 Å². The third kappa shape index (κ3) is 3.49. The molecule has 1 heterocycles.